The molecule has 0 saturated carbocycles. The highest BCUT2D eigenvalue weighted by Gasteiger charge is 2.29. The Morgan fingerprint density at radius 3 is 2.83 bits per heavy atom. The molecule has 0 atom stereocenters. The Labute approximate surface area is 126 Å². The molecule has 12 heteroatoms. The molecule has 0 aromatic carbocycles. The standard InChI is InChI=1S/C11H10F3N5O4/c12-11(13,14)6-22-9(20)17-3-4-19-8(18-23-10(19)21)7-5-15-1-2-16-7/h1-2,5H,3-4,6H2,(H,17,20). The lowest BCUT2D eigenvalue weighted by Crippen LogP contribution is -2.32. The predicted octanol–water partition coefficient (Wildman–Crippen LogP) is 0.582. The van der Waals surface area contributed by atoms with Crippen LogP contribution in [0.25, 0.3) is 11.5 Å². The van der Waals surface area contributed by atoms with Crippen LogP contribution in [0.2, 0.25) is 0 Å². The summed E-state index contributed by atoms with van der Waals surface area (Å²) in [6, 6.07) is 0. The number of alkyl carbamates (subject to hydrolysis) is 1. The van der Waals surface area contributed by atoms with Gasteiger partial charge in [0.1, 0.15) is 5.69 Å². The van der Waals surface area contributed by atoms with Crippen molar-refractivity contribution in [2.75, 3.05) is 13.2 Å². The summed E-state index contributed by atoms with van der Waals surface area (Å²) in [5.74, 6) is -0.732. The lowest BCUT2D eigenvalue weighted by Gasteiger charge is -2.09. The van der Waals surface area contributed by atoms with Gasteiger partial charge in [-0.15, -0.1) is 0 Å². The van der Waals surface area contributed by atoms with Crippen LogP contribution >= 0.6 is 0 Å². The van der Waals surface area contributed by atoms with Crippen LogP contribution in [0.15, 0.2) is 27.9 Å². The molecule has 2 aromatic rings. The lowest BCUT2D eigenvalue weighted by molar-refractivity contribution is -0.160. The van der Waals surface area contributed by atoms with Crippen molar-refractivity contribution in [2.45, 2.75) is 12.7 Å². The lowest BCUT2D eigenvalue weighted by atomic mass is 10.4. The van der Waals surface area contributed by atoms with Gasteiger partial charge in [0.15, 0.2) is 6.61 Å². The van der Waals surface area contributed by atoms with Gasteiger partial charge in [0.25, 0.3) is 0 Å². The van der Waals surface area contributed by atoms with Crippen molar-refractivity contribution < 1.29 is 27.2 Å². The van der Waals surface area contributed by atoms with E-state index in [1.165, 1.54) is 18.6 Å². The highest BCUT2D eigenvalue weighted by Crippen LogP contribution is 2.14. The minimum absolute atomic E-state index is 0.0774. The quantitative estimate of drug-likeness (QED) is 0.852. The fourth-order valence-corrected chi connectivity index (χ4v) is 1.53. The Balaban J connectivity index is 1.93. The van der Waals surface area contributed by atoms with Gasteiger partial charge in [0.05, 0.1) is 6.20 Å². The van der Waals surface area contributed by atoms with E-state index in [1.54, 1.807) is 0 Å². The molecule has 0 saturated heterocycles. The molecular formula is C11H10F3N5O4. The van der Waals surface area contributed by atoms with E-state index in [4.69, 9.17) is 0 Å². The summed E-state index contributed by atoms with van der Waals surface area (Å²) in [5, 5.41) is 5.61. The van der Waals surface area contributed by atoms with Crippen molar-refractivity contribution in [1.29, 1.82) is 0 Å². The van der Waals surface area contributed by atoms with Crippen LogP contribution in [0.1, 0.15) is 0 Å². The second kappa shape index (κ2) is 6.89. The minimum Gasteiger partial charge on any atom is -0.440 e. The van der Waals surface area contributed by atoms with E-state index in [-0.39, 0.29) is 24.6 Å². The maximum absolute atomic E-state index is 11.9. The van der Waals surface area contributed by atoms with Gasteiger partial charge >= 0.3 is 18.0 Å². The normalized spacial score (nSPS) is 11.3. The first-order valence-electron chi connectivity index (χ1n) is 6.17. The van der Waals surface area contributed by atoms with E-state index in [9.17, 15) is 22.8 Å². The molecule has 0 aliphatic heterocycles. The van der Waals surface area contributed by atoms with E-state index < -0.39 is 24.6 Å². The SMILES string of the molecule is O=C(NCCn1c(-c2cnccn2)noc1=O)OCC(F)(F)F. The third-order valence-corrected chi connectivity index (χ3v) is 2.45. The number of carbonyl (C=O) groups excluding carboxylic acids is 1. The van der Waals surface area contributed by atoms with Crippen LogP contribution in [0.5, 0.6) is 0 Å². The highest BCUT2D eigenvalue weighted by atomic mass is 19.4. The number of amides is 1. The van der Waals surface area contributed by atoms with E-state index >= 15 is 0 Å². The van der Waals surface area contributed by atoms with Crippen LogP contribution in [0, 0.1) is 0 Å². The van der Waals surface area contributed by atoms with Crippen molar-refractivity contribution in [1.82, 2.24) is 25.0 Å². The number of hydrogen-bond acceptors (Lipinski definition) is 7. The molecule has 0 aliphatic rings. The minimum atomic E-state index is -4.61. The van der Waals surface area contributed by atoms with Gasteiger partial charge in [-0.1, -0.05) is 5.16 Å². The summed E-state index contributed by atoms with van der Waals surface area (Å²) >= 11 is 0. The zero-order chi connectivity index (χ0) is 16.9. The Morgan fingerprint density at radius 1 is 1.39 bits per heavy atom. The number of halogens is 3. The van der Waals surface area contributed by atoms with Gasteiger partial charge in [0.2, 0.25) is 5.82 Å². The number of nitrogens with zero attached hydrogens (tertiary/aromatic N) is 4. The summed E-state index contributed by atoms with van der Waals surface area (Å²) in [7, 11) is 0. The Bertz CT molecular complexity index is 712. The number of alkyl halides is 3. The maximum Gasteiger partial charge on any atom is 0.441 e. The second-order valence-corrected chi connectivity index (χ2v) is 4.13. The monoisotopic (exact) mass is 333 g/mol. The number of ether oxygens (including phenoxy) is 1. The topological polar surface area (TPSA) is 112 Å². The van der Waals surface area contributed by atoms with Crippen molar-refractivity contribution >= 4 is 6.09 Å². The first-order chi connectivity index (χ1) is 10.9. The van der Waals surface area contributed by atoms with Crippen molar-refractivity contribution in [3.05, 3.63) is 29.1 Å². The van der Waals surface area contributed by atoms with Crippen LogP contribution in [-0.4, -0.2) is 45.1 Å². The Kier molecular flexibility index (Phi) is 4.93. The number of carbonyl (C=O) groups is 1. The highest BCUT2D eigenvalue weighted by molar-refractivity contribution is 5.67. The molecule has 9 nitrogen and oxygen atoms in total. The molecule has 0 bridgehead atoms. The average Bonchev–Trinajstić information content (AvgIpc) is 2.87. The fourth-order valence-electron chi connectivity index (χ4n) is 1.53. The first-order valence-corrected chi connectivity index (χ1v) is 6.17. The molecule has 0 fully saturated rings. The van der Waals surface area contributed by atoms with Gasteiger partial charge in [-0.2, -0.15) is 13.2 Å². The maximum atomic E-state index is 11.9. The molecule has 2 rings (SSSR count). The van der Waals surface area contributed by atoms with Crippen LogP contribution < -0.4 is 11.1 Å². The number of aromatic nitrogens is 4. The van der Waals surface area contributed by atoms with Crippen LogP contribution in [-0.2, 0) is 11.3 Å². The van der Waals surface area contributed by atoms with Gasteiger partial charge in [-0.05, 0) is 0 Å². The van der Waals surface area contributed by atoms with E-state index in [2.05, 4.69) is 29.7 Å². The van der Waals surface area contributed by atoms with Gasteiger partial charge in [0, 0.05) is 25.5 Å². The van der Waals surface area contributed by atoms with E-state index in [0.717, 1.165) is 4.57 Å². The smallest absolute Gasteiger partial charge is 0.440 e. The molecule has 1 N–H and O–H groups in total. The van der Waals surface area contributed by atoms with Crippen LogP contribution in [0.4, 0.5) is 18.0 Å². The molecular weight excluding hydrogens is 323 g/mol. The summed E-state index contributed by atoms with van der Waals surface area (Å²) in [4.78, 5) is 30.4. The third-order valence-electron chi connectivity index (χ3n) is 2.45. The number of nitrogens with one attached hydrogen (secondary N) is 1. The zero-order valence-corrected chi connectivity index (χ0v) is 11.4. The van der Waals surface area contributed by atoms with Gasteiger partial charge < -0.3 is 10.1 Å². The summed E-state index contributed by atoms with van der Waals surface area (Å²) in [6.07, 6.45) is -1.72. The van der Waals surface area contributed by atoms with E-state index in [1.807, 2.05) is 0 Å². The summed E-state index contributed by atoms with van der Waals surface area (Å²) in [5.41, 5.74) is 0.262. The van der Waals surface area contributed by atoms with Crippen molar-refractivity contribution in [2.24, 2.45) is 0 Å². The van der Waals surface area contributed by atoms with Crippen LogP contribution in [0.3, 0.4) is 0 Å². The predicted molar refractivity (Wildman–Crippen MR) is 67.2 cm³/mol. The Hall–Kier alpha value is -2.92. The first kappa shape index (κ1) is 16.5. The number of hydrogen-bond donors (Lipinski definition) is 1. The molecule has 23 heavy (non-hydrogen) atoms. The average molecular weight is 333 g/mol. The molecule has 2 heterocycles. The second-order valence-electron chi connectivity index (χ2n) is 4.13. The third kappa shape index (κ3) is 4.79. The molecule has 2 aromatic heterocycles. The Morgan fingerprint density at radius 2 is 2.17 bits per heavy atom. The zero-order valence-electron chi connectivity index (χ0n) is 11.4. The molecule has 0 aliphatic carbocycles. The molecule has 0 radical (unpaired) electrons. The summed E-state index contributed by atoms with van der Waals surface area (Å²) in [6.45, 7) is -1.97. The van der Waals surface area contributed by atoms with E-state index in [0.29, 0.717) is 0 Å². The summed E-state index contributed by atoms with van der Waals surface area (Å²) < 4.78 is 45.1. The van der Waals surface area contributed by atoms with Crippen molar-refractivity contribution in [3.63, 3.8) is 0 Å². The number of rotatable bonds is 5. The molecule has 0 unspecified atom stereocenters. The van der Waals surface area contributed by atoms with Crippen molar-refractivity contribution in [3.8, 4) is 11.5 Å². The molecule has 1 amide bonds. The van der Waals surface area contributed by atoms with Gasteiger partial charge in [-0.3, -0.25) is 14.1 Å². The van der Waals surface area contributed by atoms with Gasteiger partial charge in [-0.25, -0.2) is 14.6 Å². The molecule has 0 spiro atoms. The largest absolute Gasteiger partial charge is 0.441 e. The molecule has 124 valence electrons. The fraction of sp³-hybridized carbons (Fsp3) is 0.364.